The molecule has 2 aromatic carbocycles. The fraction of sp³-hybridized carbons (Fsp3) is 0.263. The summed E-state index contributed by atoms with van der Waals surface area (Å²) in [4.78, 5) is 24.2. The van der Waals surface area contributed by atoms with Crippen LogP contribution in [0.4, 0.5) is 13.2 Å². The number of carbonyl (C=O) groups is 2. The minimum Gasteiger partial charge on any atom is -0.496 e. The Morgan fingerprint density at radius 2 is 1.75 bits per heavy atom. The van der Waals surface area contributed by atoms with Gasteiger partial charge in [-0.3, -0.25) is 4.79 Å². The monoisotopic (exact) mass is 396 g/mol. The number of rotatable bonds is 6. The maximum Gasteiger partial charge on any atom is 0.416 e. The molecule has 2 rings (SSSR count). The average Bonchev–Trinajstić information content (AvgIpc) is 2.64. The molecular formula is C19H19F3N2O4. The summed E-state index contributed by atoms with van der Waals surface area (Å²) in [7, 11) is 1.32. The van der Waals surface area contributed by atoms with Crippen molar-refractivity contribution in [3.63, 3.8) is 0 Å². The summed E-state index contributed by atoms with van der Waals surface area (Å²) in [6.45, 7) is 1.18. The highest BCUT2D eigenvalue weighted by Crippen LogP contribution is 2.30. The van der Waals surface area contributed by atoms with Crippen LogP contribution in [0.1, 0.15) is 34.0 Å². The minimum absolute atomic E-state index is 0.0456. The van der Waals surface area contributed by atoms with Gasteiger partial charge in [0.2, 0.25) is 0 Å². The van der Waals surface area contributed by atoms with Crippen molar-refractivity contribution < 1.29 is 32.6 Å². The highest BCUT2D eigenvalue weighted by molar-refractivity contribution is 6.00. The fourth-order valence-corrected chi connectivity index (χ4v) is 2.57. The van der Waals surface area contributed by atoms with Crippen LogP contribution in [0.25, 0.3) is 0 Å². The highest BCUT2D eigenvalue weighted by atomic mass is 19.4. The number of amides is 1. The zero-order chi connectivity index (χ0) is 21.1. The predicted molar refractivity (Wildman–Crippen MR) is 94.8 cm³/mol. The largest absolute Gasteiger partial charge is 0.496 e. The number of alkyl halides is 3. The van der Waals surface area contributed by atoms with Crippen LogP contribution in [0.3, 0.4) is 0 Å². The van der Waals surface area contributed by atoms with E-state index in [1.54, 1.807) is 0 Å². The lowest BCUT2D eigenvalue weighted by Crippen LogP contribution is -2.43. The maximum atomic E-state index is 12.7. The number of aliphatic carboxylic acids is 1. The molecule has 0 saturated heterocycles. The molecule has 0 fully saturated rings. The number of nitrogens with two attached hydrogens (primary N) is 1. The number of carboxylic acid groups (broad SMARTS) is 1. The molecule has 150 valence electrons. The first-order valence-corrected chi connectivity index (χ1v) is 8.12. The van der Waals surface area contributed by atoms with Crippen LogP contribution in [0.5, 0.6) is 5.75 Å². The molecule has 0 spiro atoms. The Labute approximate surface area is 159 Å². The van der Waals surface area contributed by atoms with E-state index in [-0.39, 0.29) is 23.4 Å². The van der Waals surface area contributed by atoms with Gasteiger partial charge in [0.25, 0.3) is 5.91 Å². The van der Waals surface area contributed by atoms with Crippen LogP contribution in [0.15, 0.2) is 42.5 Å². The molecule has 0 aliphatic heterocycles. The van der Waals surface area contributed by atoms with E-state index in [9.17, 15) is 27.9 Å². The van der Waals surface area contributed by atoms with Gasteiger partial charge < -0.3 is 20.9 Å². The molecule has 0 aliphatic carbocycles. The number of benzene rings is 2. The van der Waals surface area contributed by atoms with Crippen molar-refractivity contribution in [2.75, 3.05) is 7.11 Å². The number of ether oxygens (including phenoxy) is 1. The molecule has 28 heavy (non-hydrogen) atoms. The summed E-state index contributed by atoms with van der Waals surface area (Å²) < 4.78 is 43.0. The Morgan fingerprint density at radius 3 is 2.25 bits per heavy atom. The molecule has 0 radical (unpaired) electrons. The van der Waals surface area contributed by atoms with Crippen LogP contribution >= 0.6 is 0 Å². The van der Waals surface area contributed by atoms with Crippen molar-refractivity contribution in [2.45, 2.75) is 25.2 Å². The topological polar surface area (TPSA) is 102 Å². The van der Waals surface area contributed by atoms with Gasteiger partial charge in [0.1, 0.15) is 11.3 Å². The zero-order valence-electron chi connectivity index (χ0n) is 15.1. The molecule has 0 saturated carbocycles. The number of halogens is 3. The molecule has 4 N–H and O–H groups in total. The Hall–Kier alpha value is -3.07. The SMILES string of the molecule is COc1cccc(C(C)(N)C(=O)O)c1C(=O)NCc1ccc(C(F)(F)F)cc1. The lowest BCUT2D eigenvalue weighted by atomic mass is 9.88. The molecule has 0 aromatic heterocycles. The summed E-state index contributed by atoms with van der Waals surface area (Å²) in [5.74, 6) is -1.87. The summed E-state index contributed by atoms with van der Waals surface area (Å²) in [5, 5.41) is 11.9. The third-order valence-electron chi connectivity index (χ3n) is 4.21. The maximum absolute atomic E-state index is 12.7. The first kappa shape index (κ1) is 21.2. The van der Waals surface area contributed by atoms with Gasteiger partial charge >= 0.3 is 12.1 Å². The number of hydrogen-bond acceptors (Lipinski definition) is 4. The van der Waals surface area contributed by atoms with Crippen LogP contribution < -0.4 is 15.8 Å². The van der Waals surface area contributed by atoms with Crippen molar-refractivity contribution >= 4 is 11.9 Å². The van der Waals surface area contributed by atoms with Gasteiger partial charge in [0, 0.05) is 6.54 Å². The van der Waals surface area contributed by atoms with Gasteiger partial charge in [0.15, 0.2) is 0 Å². The van der Waals surface area contributed by atoms with E-state index in [1.807, 2.05) is 0 Å². The van der Waals surface area contributed by atoms with Crippen LogP contribution in [0.2, 0.25) is 0 Å². The second-order valence-electron chi connectivity index (χ2n) is 6.27. The van der Waals surface area contributed by atoms with Gasteiger partial charge in [-0.25, -0.2) is 4.79 Å². The fourth-order valence-electron chi connectivity index (χ4n) is 2.57. The standard InChI is InChI=1S/C19H19F3N2O4/c1-18(23,17(26)27)13-4-3-5-14(28-2)15(13)16(25)24-10-11-6-8-12(9-7-11)19(20,21)22/h3-9H,10,23H2,1-2H3,(H,24,25)(H,26,27). The number of nitrogens with one attached hydrogen (secondary N) is 1. The predicted octanol–water partition coefficient (Wildman–Crippen LogP) is 2.90. The molecule has 0 aliphatic rings. The van der Waals surface area contributed by atoms with Crippen molar-refractivity contribution in [3.05, 3.63) is 64.7 Å². The number of carbonyl (C=O) groups excluding carboxylic acids is 1. The zero-order valence-corrected chi connectivity index (χ0v) is 15.1. The quantitative estimate of drug-likeness (QED) is 0.697. The molecule has 0 bridgehead atoms. The van der Waals surface area contributed by atoms with Crippen molar-refractivity contribution in [2.24, 2.45) is 5.73 Å². The molecule has 1 atom stereocenters. The summed E-state index contributed by atoms with van der Waals surface area (Å²) in [6, 6.07) is 8.72. The third-order valence-corrected chi connectivity index (χ3v) is 4.21. The van der Waals surface area contributed by atoms with E-state index in [1.165, 1.54) is 44.4 Å². The molecule has 9 heteroatoms. The molecule has 1 amide bonds. The van der Waals surface area contributed by atoms with Gasteiger partial charge in [-0.2, -0.15) is 13.2 Å². The second-order valence-corrected chi connectivity index (χ2v) is 6.27. The summed E-state index contributed by atoms with van der Waals surface area (Å²) >= 11 is 0. The van der Waals surface area contributed by atoms with Crippen molar-refractivity contribution in [1.82, 2.24) is 5.32 Å². The van der Waals surface area contributed by atoms with Gasteiger partial charge in [-0.1, -0.05) is 24.3 Å². The second kappa shape index (κ2) is 7.89. The average molecular weight is 396 g/mol. The molecule has 1 unspecified atom stereocenters. The third kappa shape index (κ3) is 4.42. The van der Waals surface area contributed by atoms with Crippen LogP contribution in [-0.2, 0) is 23.1 Å². The lowest BCUT2D eigenvalue weighted by Gasteiger charge is -2.24. The Balaban J connectivity index is 2.28. The van der Waals surface area contributed by atoms with Gasteiger partial charge in [0.05, 0.1) is 18.2 Å². The lowest BCUT2D eigenvalue weighted by molar-refractivity contribution is -0.143. The van der Waals surface area contributed by atoms with E-state index in [2.05, 4.69) is 5.32 Å². The number of methoxy groups -OCH3 is 1. The van der Waals surface area contributed by atoms with E-state index >= 15 is 0 Å². The van der Waals surface area contributed by atoms with Crippen LogP contribution in [-0.4, -0.2) is 24.1 Å². The first-order chi connectivity index (χ1) is 13.0. The normalized spacial score (nSPS) is 13.5. The van der Waals surface area contributed by atoms with Crippen molar-refractivity contribution in [3.8, 4) is 5.75 Å². The van der Waals surface area contributed by atoms with E-state index in [0.29, 0.717) is 5.56 Å². The summed E-state index contributed by atoms with van der Waals surface area (Å²) in [6.07, 6.45) is -4.45. The van der Waals surface area contributed by atoms with Crippen LogP contribution in [0, 0.1) is 0 Å². The molecule has 6 nitrogen and oxygen atoms in total. The minimum atomic E-state index is -4.45. The Bertz CT molecular complexity index is 878. The van der Waals surface area contributed by atoms with E-state index < -0.39 is 29.2 Å². The number of carboxylic acids is 1. The smallest absolute Gasteiger partial charge is 0.416 e. The molecular weight excluding hydrogens is 377 g/mol. The van der Waals surface area contributed by atoms with E-state index in [4.69, 9.17) is 10.5 Å². The Morgan fingerprint density at radius 1 is 1.14 bits per heavy atom. The van der Waals surface area contributed by atoms with Gasteiger partial charge in [-0.15, -0.1) is 0 Å². The Kier molecular flexibility index (Phi) is 5.98. The van der Waals surface area contributed by atoms with Crippen molar-refractivity contribution in [1.29, 1.82) is 0 Å². The molecule has 0 heterocycles. The summed E-state index contributed by atoms with van der Waals surface area (Å²) in [5.41, 5.74) is 3.65. The van der Waals surface area contributed by atoms with Gasteiger partial charge in [-0.05, 0) is 36.2 Å². The highest BCUT2D eigenvalue weighted by Gasteiger charge is 2.35. The first-order valence-electron chi connectivity index (χ1n) is 8.12. The molecule has 2 aromatic rings. The number of hydrogen-bond donors (Lipinski definition) is 3. The van der Waals surface area contributed by atoms with E-state index in [0.717, 1.165) is 12.1 Å².